The first-order valence-corrected chi connectivity index (χ1v) is 12.2. The molecule has 32 heavy (non-hydrogen) atoms. The number of rotatable bonds is 8. The number of thiophene rings is 1. The largest absolute Gasteiger partial charge is 0.462 e. The van der Waals surface area contributed by atoms with Crippen LogP contribution in [0.25, 0.3) is 0 Å². The van der Waals surface area contributed by atoms with Crippen molar-refractivity contribution in [1.29, 1.82) is 0 Å². The lowest BCUT2D eigenvalue weighted by molar-refractivity contribution is -0.119. The number of anilines is 1. The molecule has 9 nitrogen and oxygen atoms in total. The van der Waals surface area contributed by atoms with Gasteiger partial charge in [-0.3, -0.25) is 4.79 Å². The van der Waals surface area contributed by atoms with E-state index < -0.39 is 34.5 Å². The molecule has 1 aliphatic carbocycles. The van der Waals surface area contributed by atoms with Gasteiger partial charge in [-0.15, -0.1) is 11.3 Å². The maximum atomic E-state index is 12.4. The summed E-state index contributed by atoms with van der Waals surface area (Å²) in [6.45, 7) is 1.34. The summed E-state index contributed by atoms with van der Waals surface area (Å²) in [4.78, 5) is 38.1. The predicted octanol–water partition coefficient (Wildman–Crippen LogP) is 2.46. The number of ether oxygens (including phenoxy) is 2. The molecule has 1 aliphatic rings. The number of hydrogen-bond donors (Lipinski definition) is 1. The fourth-order valence-corrected chi connectivity index (χ4v) is 5.52. The Balaban J connectivity index is 1.68. The van der Waals surface area contributed by atoms with Crippen LogP contribution in [-0.4, -0.2) is 57.9 Å². The molecule has 1 aromatic carbocycles. The molecule has 1 amide bonds. The van der Waals surface area contributed by atoms with Gasteiger partial charge in [-0.2, -0.15) is 0 Å². The van der Waals surface area contributed by atoms with E-state index in [1.165, 1.54) is 49.7 Å². The standard InChI is InChI=1S/C21H24N2O7S2/c1-4-29-21(26)18-15-9-6-10-16(15)31-19(18)22-17(24)12-30-20(25)13-7-5-8-14(11-13)32(27,28)23(2)3/h5,7-8,11H,4,6,9-10,12H2,1-3H3,(H,22,24). The molecule has 0 bridgehead atoms. The Hall–Kier alpha value is -2.76. The number of sulfonamides is 1. The van der Waals surface area contributed by atoms with E-state index in [1.54, 1.807) is 6.92 Å². The Bertz CT molecular complexity index is 1150. The van der Waals surface area contributed by atoms with Gasteiger partial charge in [-0.05, 0) is 49.9 Å². The lowest BCUT2D eigenvalue weighted by Gasteiger charge is -2.12. The zero-order valence-electron chi connectivity index (χ0n) is 18.0. The molecule has 0 saturated carbocycles. The molecular weight excluding hydrogens is 456 g/mol. The van der Waals surface area contributed by atoms with Crippen LogP contribution < -0.4 is 5.32 Å². The van der Waals surface area contributed by atoms with Crippen LogP contribution in [0.2, 0.25) is 0 Å². The van der Waals surface area contributed by atoms with Crippen molar-refractivity contribution in [3.8, 4) is 0 Å². The van der Waals surface area contributed by atoms with E-state index >= 15 is 0 Å². The van der Waals surface area contributed by atoms with Crippen LogP contribution >= 0.6 is 11.3 Å². The minimum atomic E-state index is -3.72. The van der Waals surface area contributed by atoms with Gasteiger partial charge >= 0.3 is 11.9 Å². The van der Waals surface area contributed by atoms with Gasteiger partial charge in [-0.25, -0.2) is 22.3 Å². The summed E-state index contributed by atoms with van der Waals surface area (Å²) in [5, 5.41) is 3.02. The molecule has 0 saturated heterocycles. The van der Waals surface area contributed by atoms with Crippen LogP contribution in [0, 0.1) is 0 Å². The molecule has 2 aromatic rings. The number of fused-ring (bicyclic) bond motifs is 1. The predicted molar refractivity (Wildman–Crippen MR) is 119 cm³/mol. The van der Waals surface area contributed by atoms with Crippen LogP contribution in [-0.2, 0) is 37.1 Å². The third kappa shape index (κ3) is 5.00. The molecule has 172 valence electrons. The highest BCUT2D eigenvalue weighted by molar-refractivity contribution is 7.89. The maximum Gasteiger partial charge on any atom is 0.341 e. The minimum Gasteiger partial charge on any atom is -0.462 e. The van der Waals surface area contributed by atoms with E-state index in [-0.39, 0.29) is 17.1 Å². The number of benzene rings is 1. The van der Waals surface area contributed by atoms with Crippen LogP contribution in [0.3, 0.4) is 0 Å². The lowest BCUT2D eigenvalue weighted by atomic mass is 10.1. The van der Waals surface area contributed by atoms with Gasteiger partial charge in [0.2, 0.25) is 10.0 Å². The van der Waals surface area contributed by atoms with Crippen molar-refractivity contribution in [3.63, 3.8) is 0 Å². The molecule has 11 heteroatoms. The SMILES string of the molecule is CCOC(=O)c1c(NC(=O)COC(=O)c2cccc(S(=O)(=O)N(C)C)c2)sc2c1CCC2. The average molecular weight is 481 g/mol. The van der Waals surface area contributed by atoms with E-state index in [0.717, 1.165) is 34.0 Å². The Morgan fingerprint density at radius 3 is 2.56 bits per heavy atom. The second-order valence-corrected chi connectivity index (χ2v) is 10.5. The third-order valence-corrected chi connectivity index (χ3v) is 7.85. The molecule has 0 radical (unpaired) electrons. The molecule has 1 aromatic heterocycles. The summed E-state index contributed by atoms with van der Waals surface area (Å²) in [5.74, 6) is -1.94. The zero-order chi connectivity index (χ0) is 23.5. The first-order chi connectivity index (χ1) is 15.1. The number of carbonyl (C=O) groups is 3. The van der Waals surface area contributed by atoms with Crippen molar-refractivity contribution in [3.05, 3.63) is 45.8 Å². The van der Waals surface area contributed by atoms with E-state index in [2.05, 4.69) is 5.32 Å². The molecule has 0 fully saturated rings. The highest BCUT2D eigenvalue weighted by Gasteiger charge is 2.28. The second-order valence-electron chi connectivity index (χ2n) is 7.22. The molecule has 1 N–H and O–H groups in total. The van der Waals surface area contributed by atoms with Crippen molar-refractivity contribution >= 4 is 44.2 Å². The highest BCUT2D eigenvalue weighted by atomic mass is 32.2. The quantitative estimate of drug-likeness (QED) is 0.577. The third-order valence-electron chi connectivity index (χ3n) is 4.84. The van der Waals surface area contributed by atoms with Gasteiger partial charge in [0.1, 0.15) is 5.00 Å². The number of carbonyl (C=O) groups excluding carboxylic acids is 3. The number of aryl methyl sites for hydroxylation is 1. The summed E-state index contributed by atoms with van der Waals surface area (Å²) in [6, 6.07) is 5.38. The summed E-state index contributed by atoms with van der Waals surface area (Å²) < 4.78 is 35.7. The van der Waals surface area contributed by atoms with E-state index in [9.17, 15) is 22.8 Å². The number of nitrogens with zero attached hydrogens (tertiary/aromatic N) is 1. The Morgan fingerprint density at radius 2 is 1.88 bits per heavy atom. The Morgan fingerprint density at radius 1 is 1.12 bits per heavy atom. The molecule has 1 heterocycles. The fraction of sp³-hybridized carbons (Fsp3) is 0.381. The molecular formula is C21H24N2O7S2. The van der Waals surface area contributed by atoms with Crippen LogP contribution in [0.15, 0.2) is 29.2 Å². The highest BCUT2D eigenvalue weighted by Crippen LogP contribution is 2.39. The molecule has 0 unspecified atom stereocenters. The van der Waals surface area contributed by atoms with E-state index in [4.69, 9.17) is 9.47 Å². The van der Waals surface area contributed by atoms with Crippen molar-refractivity contribution in [2.24, 2.45) is 0 Å². The first kappa shape index (κ1) is 23.9. The van der Waals surface area contributed by atoms with Crippen molar-refractivity contribution in [2.75, 3.05) is 32.6 Å². The monoisotopic (exact) mass is 480 g/mol. The summed E-state index contributed by atoms with van der Waals surface area (Å²) in [6.07, 6.45) is 2.53. The molecule has 0 aliphatic heterocycles. The molecule has 0 spiro atoms. The molecule has 3 rings (SSSR count). The Labute approximate surface area is 190 Å². The van der Waals surface area contributed by atoms with Gasteiger partial charge in [0.25, 0.3) is 5.91 Å². The van der Waals surface area contributed by atoms with Gasteiger partial charge in [0.05, 0.1) is 22.6 Å². The number of amides is 1. The minimum absolute atomic E-state index is 0.00281. The smallest absolute Gasteiger partial charge is 0.341 e. The molecule has 0 atom stereocenters. The maximum absolute atomic E-state index is 12.4. The van der Waals surface area contributed by atoms with Crippen molar-refractivity contribution in [2.45, 2.75) is 31.1 Å². The van der Waals surface area contributed by atoms with Gasteiger partial charge in [-0.1, -0.05) is 6.07 Å². The van der Waals surface area contributed by atoms with Gasteiger partial charge in [0, 0.05) is 19.0 Å². The van der Waals surface area contributed by atoms with Crippen LogP contribution in [0.5, 0.6) is 0 Å². The number of esters is 2. The number of hydrogen-bond acceptors (Lipinski definition) is 8. The zero-order valence-corrected chi connectivity index (χ0v) is 19.6. The normalized spacial score (nSPS) is 13.0. The first-order valence-electron chi connectivity index (χ1n) is 9.96. The van der Waals surface area contributed by atoms with E-state index in [0.29, 0.717) is 10.6 Å². The van der Waals surface area contributed by atoms with Gasteiger partial charge < -0.3 is 14.8 Å². The topological polar surface area (TPSA) is 119 Å². The lowest BCUT2D eigenvalue weighted by Crippen LogP contribution is -2.23. The van der Waals surface area contributed by atoms with E-state index in [1.807, 2.05) is 0 Å². The summed E-state index contributed by atoms with van der Waals surface area (Å²) >= 11 is 1.32. The van der Waals surface area contributed by atoms with Gasteiger partial charge in [0.15, 0.2) is 6.61 Å². The second kappa shape index (κ2) is 9.80. The van der Waals surface area contributed by atoms with Crippen molar-refractivity contribution in [1.82, 2.24) is 4.31 Å². The number of nitrogens with one attached hydrogen (secondary N) is 1. The summed E-state index contributed by atoms with van der Waals surface area (Å²) in [5.41, 5.74) is 1.27. The fourth-order valence-electron chi connectivity index (χ4n) is 3.28. The average Bonchev–Trinajstić information content (AvgIpc) is 3.32. The van der Waals surface area contributed by atoms with Crippen LogP contribution in [0.4, 0.5) is 5.00 Å². The Kier molecular flexibility index (Phi) is 7.32. The summed E-state index contributed by atoms with van der Waals surface area (Å²) in [7, 11) is -0.948. The van der Waals surface area contributed by atoms with Crippen LogP contribution in [0.1, 0.15) is 44.5 Å². The van der Waals surface area contributed by atoms with Crippen molar-refractivity contribution < 1.29 is 32.3 Å².